The molecule has 1 rings (SSSR count). The van der Waals surface area contributed by atoms with Gasteiger partial charge in [0.05, 0.1) is 0 Å². The summed E-state index contributed by atoms with van der Waals surface area (Å²) in [6.07, 6.45) is -6.12. The smallest absolute Gasteiger partial charge is 0.466 e. The van der Waals surface area contributed by atoms with Crippen LogP contribution in [0.15, 0.2) is 42.7 Å². The average molecular weight is 464 g/mol. The Bertz CT molecular complexity index is 904. The third-order valence-electron chi connectivity index (χ3n) is 3.24. The van der Waals surface area contributed by atoms with Crippen LogP contribution in [0.5, 0.6) is 0 Å². The van der Waals surface area contributed by atoms with Gasteiger partial charge in [0, 0.05) is 6.54 Å². The highest BCUT2D eigenvalue weighted by Gasteiger charge is 2.67. The van der Waals surface area contributed by atoms with Crippen LogP contribution in [-0.4, -0.2) is 48.7 Å². The van der Waals surface area contributed by atoms with Crippen LogP contribution in [0.2, 0.25) is 0 Å². The first-order valence-corrected chi connectivity index (χ1v) is 8.88. The molecule has 0 aromatic heterocycles. The van der Waals surface area contributed by atoms with Crippen LogP contribution in [0.3, 0.4) is 0 Å². The number of nitrogens with one attached hydrogen (secondary N) is 1. The maximum atomic E-state index is 13.6. The molecule has 1 amide bonds. The number of hydrogen-bond acceptors (Lipinski definition) is 7. The number of amides is 1. The fourth-order valence-corrected chi connectivity index (χ4v) is 1.95. The van der Waals surface area contributed by atoms with Gasteiger partial charge >= 0.3 is 29.1 Å². The molecule has 30 heavy (non-hydrogen) atoms. The van der Waals surface area contributed by atoms with Crippen LogP contribution in [0.25, 0.3) is 0 Å². The minimum absolute atomic E-state index is 0.204. The molecule has 0 spiro atoms. The maximum absolute atomic E-state index is 13.6. The Hall–Kier alpha value is -2.65. The zero-order valence-electron chi connectivity index (χ0n) is 14.5. The van der Waals surface area contributed by atoms with Crippen molar-refractivity contribution < 1.29 is 58.4 Å². The molecule has 0 bridgehead atoms. The Morgan fingerprint density at radius 3 is 2.07 bits per heavy atom. The van der Waals surface area contributed by atoms with Gasteiger partial charge in [-0.3, -0.25) is 4.79 Å². The van der Waals surface area contributed by atoms with Crippen molar-refractivity contribution in [2.75, 3.05) is 6.61 Å². The molecule has 1 N–H and O–H groups in total. The summed E-state index contributed by atoms with van der Waals surface area (Å²) in [4.78, 5) is 23.4. The van der Waals surface area contributed by atoms with Crippen molar-refractivity contribution in [1.82, 2.24) is 5.32 Å². The minimum atomic E-state index is -6.54. The minimum Gasteiger partial charge on any atom is -0.743 e. The molecule has 0 saturated carbocycles. The number of halogens is 6. The van der Waals surface area contributed by atoms with Crippen LogP contribution in [0.4, 0.5) is 26.3 Å². The van der Waals surface area contributed by atoms with E-state index in [9.17, 15) is 48.9 Å². The van der Waals surface area contributed by atoms with Gasteiger partial charge in [0.15, 0.2) is 10.1 Å². The average Bonchev–Trinajstić information content (AvgIpc) is 2.61. The summed E-state index contributed by atoms with van der Waals surface area (Å²) < 4.78 is 119. The molecule has 15 heteroatoms. The Kier molecular flexibility index (Phi) is 7.63. The van der Waals surface area contributed by atoms with Crippen molar-refractivity contribution in [3.63, 3.8) is 0 Å². The van der Waals surface area contributed by atoms with Crippen molar-refractivity contribution in [1.29, 1.82) is 0 Å². The first kappa shape index (κ1) is 25.4. The first-order chi connectivity index (χ1) is 13.5. The van der Waals surface area contributed by atoms with Crippen molar-refractivity contribution in [3.8, 4) is 0 Å². The number of alkyl halides is 5. The van der Waals surface area contributed by atoms with Gasteiger partial charge in [0.1, 0.15) is 6.61 Å². The van der Waals surface area contributed by atoms with E-state index in [2.05, 4.69) is 16.1 Å². The van der Waals surface area contributed by atoms with Crippen molar-refractivity contribution in [2.24, 2.45) is 0 Å². The second-order valence-corrected chi connectivity index (χ2v) is 6.96. The summed E-state index contributed by atoms with van der Waals surface area (Å²) in [5.41, 5.74) is 0.204. The number of carbonyl (C=O) groups excluding carboxylic acids is 2. The predicted octanol–water partition coefficient (Wildman–Crippen LogP) is 1.74. The molecule has 0 fully saturated rings. The van der Waals surface area contributed by atoms with Gasteiger partial charge in [-0.25, -0.2) is 13.2 Å². The van der Waals surface area contributed by atoms with Gasteiger partial charge in [0.2, 0.25) is 5.83 Å². The SMILES string of the molecule is C=C(F)C(=O)OC(OCC(F)(F)S(=O)(=O)[O-])(C(=O)NCc1ccccc1)C(F)(F)F. The van der Waals surface area contributed by atoms with E-state index in [0.29, 0.717) is 0 Å². The number of benzene rings is 1. The Morgan fingerprint density at radius 2 is 1.63 bits per heavy atom. The summed E-state index contributed by atoms with van der Waals surface area (Å²) >= 11 is 0. The highest BCUT2D eigenvalue weighted by Crippen LogP contribution is 2.38. The summed E-state index contributed by atoms with van der Waals surface area (Å²) in [6, 6.07) is 7.06. The topological polar surface area (TPSA) is 122 Å². The summed E-state index contributed by atoms with van der Waals surface area (Å²) in [5.74, 6) is -12.0. The molecule has 8 nitrogen and oxygen atoms in total. The molecule has 0 aliphatic heterocycles. The number of rotatable bonds is 9. The molecular weight excluding hydrogens is 452 g/mol. The molecule has 0 aliphatic rings. The highest BCUT2D eigenvalue weighted by atomic mass is 32.2. The van der Waals surface area contributed by atoms with Crippen LogP contribution in [0, 0.1) is 0 Å². The molecule has 1 atom stereocenters. The molecule has 0 heterocycles. The second-order valence-electron chi connectivity index (χ2n) is 5.46. The van der Waals surface area contributed by atoms with Crippen molar-refractivity contribution in [2.45, 2.75) is 23.8 Å². The van der Waals surface area contributed by atoms with E-state index < -0.39 is 58.2 Å². The van der Waals surface area contributed by atoms with E-state index in [-0.39, 0.29) is 5.56 Å². The third-order valence-corrected chi connectivity index (χ3v) is 4.08. The largest absolute Gasteiger partial charge is 0.743 e. The van der Waals surface area contributed by atoms with Gasteiger partial charge in [-0.2, -0.15) is 26.3 Å². The van der Waals surface area contributed by atoms with Crippen LogP contribution in [-0.2, 0) is 35.7 Å². The summed E-state index contributed by atoms with van der Waals surface area (Å²) in [7, 11) is -6.54. The number of carbonyl (C=O) groups is 2. The highest BCUT2D eigenvalue weighted by molar-refractivity contribution is 7.86. The lowest BCUT2D eigenvalue weighted by Crippen LogP contribution is -2.62. The van der Waals surface area contributed by atoms with E-state index in [1.54, 1.807) is 5.32 Å². The zero-order valence-corrected chi connectivity index (χ0v) is 15.4. The number of esters is 1. The predicted molar refractivity (Wildman–Crippen MR) is 84.0 cm³/mol. The van der Waals surface area contributed by atoms with Gasteiger partial charge in [-0.1, -0.05) is 36.9 Å². The molecule has 168 valence electrons. The van der Waals surface area contributed by atoms with E-state index in [4.69, 9.17) is 0 Å². The Labute approximate surface area is 165 Å². The quantitative estimate of drug-likeness (QED) is 0.194. The van der Waals surface area contributed by atoms with Gasteiger partial charge in [-0.15, -0.1) is 0 Å². The summed E-state index contributed by atoms with van der Waals surface area (Å²) in [5, 5.41) is -3.88. The second kappa shape index (κ2) is 9.01. The van der Waals surface area contributed by atoms with Gasteiger partial charge in [-0.05, 0) is 5.56 Å². The lowest BCUT2D eigenvalue weighted by atomic mass is 10.2. The normalized spacial score (nSPS) is 14.5. The lowest BCUT2D eigenvalue weighted by Gasteiger charge is -2.34. The molecule has 0 saturated heterocycles. The standard InChI is InChI=1S/C15H13F6NO7S/c1-9(16)11(23)29-14(15(19,20)21,28-8-13(17,18)30(25,26)27)12(24)22-7-10-5-3-2-4-6-10/h2-6H,1,7-8H2,(H,22,24)(H,25,26,27)/p-1. The molecule has 0 aliphatic carbocycles. The van der Waals surface area contributed by atoms with Gasteiger partial charge in [0.25, 0.3) is 0 Å². The van der Waals surface area contributed by atoms with E-state index in [1.165, 1.54) is 30.3 Å². The van der Waals surface area contributed by atoms with E-state index >= 15 is 0 Å². The van der Waals surface area contributed by atoms with Crippen molar-refractivity contribution >= 4 is 22.0 Å². The zero-order chi connectivity index (χ0) is 23.4. The van der Waals surface area contributed by atoms with Crippen LogP contribution >= 0.6 is 0 Å². The maximum Gasteiger partial charge on any atom is 0.466 e. The third kappa shape index (κ3) is 5.93. The summed E-state index contributed by atoms with van der Waals surface area (Å²) in [6.45, 7) is -1.17. The fourth-order valence-electron chi connectivity index (χ4n) is 1.75. The molecule has 1 aromatic carbocycles. The van der Waals surface area contributed by atoms with Crippen LogP contribution < -0.4 is 5.32 Å². The van der Waals surface area contributed by atoms with Crippen LogP contribution in [0.1, 0.15) is 5.56 Å². The van der Waals surface area contributed by atoms with Gasteiger partial charge < -0.3 is 19.3 Å². The van der Waals surface area contributed by atoms with E-state index in [1.807, 2.05) is 0 Å². The first-order valence-electron chi connectivity index (χ1n) is 7.47. The molecule has 1 unspecified atom stereocenters. The monoisotopic (exact) mass is 464 g/mol. The molecular formula is C15H12F6NO7S-. The van der Waals surface area contributed by atoms with Crippen molar-refractivity contribution in [3.05, 3.63) is 48.3 Å². The molecule has 1 aromatic rings. The Morgan fingerprint density at radius 1 is 1.10 bits per heavy atom. The lowest BCUT2D eigenvalue weighted by molar-refractivity contribution is -0.353. The number of hydrogen-bond donors (Lipinski definition) is 1. The molecule has 0 radical (unpaired) electrons. The van der Waals surface area contributed by atoms with E-state index in [0.717, 1.165) is 0 Å². The fraction of sp³-hybridized carbons (Fsp3) is 0.333. The number of ether oxygens (including phenoxy) is 2. The Balaban J connectivity index is 3.33.